The maximum absolute atomic E-state index is 5.66. The monoisotopic (exact) mass is 386 g/mol. The number of rotatable bonds is 5. The lowest BCUT2D eigenvalue weighted by Crippen LogP contribution is -2.48. The fraction of sp³-hybridized carbons (Fsp3) is 0.524. The zero-order chi connectivity index (χ0) is 19.3. The highest BCUT2D eigenvalue weighted by atomic mass is 32.1. The van der Waals surface area contributed by atoms with Crippen LogP contribution >= 0.6 is 11.3 Å². The minimum Gasteiger partial charge on any atom is -0.381 e. The Labute approximate surface area is 166 Å². The van der Waals surface area contributed by atoms with Crippen LogP contribution in [0.5, 0.6) is 0 Å². The topological polar surface area (TPSA) is 58.5 Å². The number of guanidine groups is 1. The highest BCUT2D eigenvalue weighted by molar-refractivity contribution is 7.11. The molecule has 0 unspecified atom stereocenters. The van der Waals surface area contributed by atoms with Crippen molar-refractivity contribution in [1.82, 2.24) is 15.6 Å². The van der Waals surface area contributed by atoms with Crippen molar-refractivity contribution in [3.8, 4) is 0 Å². The number of benzene rings is 1. The number of hydrogen-bond acceptors (Lipinski definition) is 4. The van der Waals surface area contributed by atoms with Gasteiger partial charge in [-0.05, 0) is 44.7 Å². The summed E-state index contributed by atoms with van der Waals surface area (Å²) in [6.07, 6.45) is 2.05. The maximum Gasteiger partial charge on any atom is 0.191 e. The van der Waals surface area contributed by atoms with Crippen molar-refractivity contribution < 1.29 is 4.74 Å². The van der Waals surface area contributed by atoms with Gasteiger partial charge in [-0.3, -0.25) is 4.99 Å². The molecule has 0 saturated carbocycles. The number of hydrogen-bond donors (Lipinski definition) is 2. The molecule has 2 aromatic rings. The molecule has 2 N–H and O–H groups in total. The summed E-state index contributed by atoms with van der Waals surface area (Å²) >= 11 is 1.74. The minimum atomic E-state index is 0.0816. The van der Waals surface area contributed by atoms with Gasteiger partial charge in [-0.1, -0.05) is 24.3 Å². The van der Waals surface area contributed by atoms with Gasteiger partial charge in [0, 0.05) is 37.1 Å². The van der Waals surface area contributed by atoms with Gasteiger partial charge in [-0.25, -0.2) is 4.98 Å². The molecule has 1 aliphatic rings. The molecule has 2 heterocycles. The molecule has 1 saturated heterocycles. The van der Waals surface area contributed by atoms with Crippen molar-refractivity contribution in [2.24, 2.45) is 4.99 Å². The van der Waals surface area contributed by atoms with Gasteiger partial charge in [0.15, 0.2) is 5.96 Å². The number of nitrogens with one attached hydrogen (secondary N) is 2. The summed E-state index contributed by atoms with van der Waals surface area (Å²) in [5, 5.41) is 8.12. The van der Waals surface area contributed by atoms with Crippen molar-refractivity contribution in [1.29, 1.82) is 0 Å². The molecular formula is C21H30N4OS. The molecule has 1 aromatic carbocycles. The zero-order valence-electron chi connectivity index (χ0n) is 16.8. The molecule has 6 heteroatoms. The van der Waals surface area contributed by atoms with Crippen LogP contribution in [-0.2, 0) is 16.7 Å². The number of nitrogens with zero attached hydrogens (tertiary/aromatic N) is 2. The molecule has 0 radical (unpaired) electrons. The van der Waals surface area contributed by atoms with E-state index < -0.39 is 0 Å². The smallest absolute Gasteiger partial charge is 0.191 e. The van der Waals surface area contributed by atoms with Crippen molar-refractivity contribution >= 4 is 17.3 Å². The van der Waals surface area contributed by atoms with E-state index in [4.69, 9.17) is 4.74 Å². The molecule has 1 aromatic heterocycles. The average molecular weight is 387 g/mol. The van der Waals surface area contributed by atoms with E-state index >= 15 is 0 Å². The van der Waals surface area contributed by atoms with E-state index in [2.05, 4.69) is 58.7 Å². The van der Waals surface area contributed by atoms with E-state index in [1.165, 1.54) is 16.0 Å². The zero-order valence-corrected chi connectivity index (χ0v) is 17.6. The third kappa shape index (κ3) is 4.68. The summed E-state index contributed by atoms with van der Waals surface area (Å²) in [6, 6.07) is 8.72. The third-order valence-corrected chi connectivity index (χ3v) is 6.47. The van der Waals surface area contributed by atoms with Gasteiger partial charge < -0.3 is 15.4 Å². The van der Waals surface area contributed by atoms with E-state index in [-0.39, 0.29) is 5.41 Å². The summed E-state index contributed by atoms with van der Waals surface area (Å²) in [4.78, 5) is 10.2. The quantitative estimate of drug-likeness (QED) is 0.610. The Hall–Kier alpha value is -1.92. The number of aryl methyl sites for hydroxylation is 3. The van der Waals surface area contributed by atoms with Crippen LogP contribution in [0.4, 0.5) is 0 Å². The number of aliphatic imine (C=N–C) groups is 1. The molecule has 0 atom stereocenters. The first-order chi connectivity index (χ1) is 13.0. The Balaban J connectivity index is 1.69. The van der Waals surface area contributed by atoms with Crippen LogP contribution in [-0.4, -0.2) is 37.7 Å². The maximum atomic E-state index is 5.66. The van der Waals surface area contributed by atoms with E-state index in [0.717, 1.165) is 55.8 Å². The van der Waals surface area contributed by atoms with Gasteiger partial charge in [0.1, 0.15) is 0 Å². The van der Waals surface area contributed by atoms with Crippen molar-refractivity contribution in [3.05, 3.63) is 51.0 Å². The largest absolute Gasteiger partial charge is 0.381 e. The fourth-order valence-electron chi connectivity index (χ4n) is 3.85. The first-order valence-electron chi connectivity index (χ1n) is 9.55. The fourth-order valence-corrected chi connectivity index (χ4v) is 4.72. The van der Waals surface area contributed by atoms with Gasteiger partial charge in [0.2, 0.25) is 0 Å². The first-order valence-corrected chi connectivity index (χ1v) is 10.4. The molecule has 0 bridgehead atoms. The Morgan fingerprint density at radius 1 is 1.19 bits per heavy atom. The van der Waals surface area contributed by atoms with Crippen molar-refractivity contribution in [3.63, 3.8) is 0 Å². The van der Waals surface area contributed by atoms with Crippen LogP contribution in [0.3, 0.4) is 0 Å². The minimum absolute atomic E-state index is 0.0816. The van der Waals surface area contributed by atoms with Gasteiger partial charge in [0.05, 0.1) is 17.2 Å². The lowest BCUT2D eigenvalue weighted by molar-refractivity contribution is 0.0512. The predicted octanol–water partition coefficient (Wildman–Crippen LogP) is 3.48. The molecule has 5 nitrogen and oxygen atoms in total. The number of thiazole rings is 1. The van der Waals surface area contributed by atoms with Crippen molar-refractivity contribution in [2.45, 2.75) is 45.6 Å². The van der Waals surface area contributed by atoms with E-state index in [1.807, 2.05) is 14.0 Å². The second-order valence-corrected chi connectivity index (χ2v) is 8.52. The molecule has 1 fully saturated rings. The lowest BCUT2D eigenvalue weighted by atomic mass is 9.72. The van der Waals surface area contributed by atoms with E-state index in [9.17, 15) is 0 Å². The second-order valence-electron chi connectivity index (χ2n) is 7.23. The molecule has 3 rings (SSSR count). The standard InChI is InChI=1S/C21H30N4OS/c1-15-7-5-6-8-18(15)21(9-11-26-12-10-21)14-24-20(22-4)23-13-19-16(2)25-17(3)27-19/h5-8H,9-14H2,1-4H3,(H2,22,23,24). The summed E-state index contributed by atoms with van der Waals surface area (Å²) in [7, 11) is 1.82. The predicted molar refractivity (Wildman–Crippen MR) is 113 cm³/mol. The van der Waals surface area contributed by atoms with Gasteiger partial charge in [-0.2, -0.15) is 0 Å². The van der Waals surface area contributed by atoms with Crippen LogP contribution in [0.2, 0.25) is 0 Å². The highest BCUT2D eigenvalue weighted by Gasteiger charge is 2.35. The molecular weight excluding hydrogens is 356 g/mol. The van der Waals surface area contributed by atoms with Gasteiger partial charge in [-0.15, -0.1) is 11.3 Å². The summed E-state index contributed by atoms with van der Waals surface area (Å²) in [6.45, 7) is 9.52. The van der Waals surface area contributed by atoms with Crippen LogP contribution < -0.4 is 10.6 Å². The molecule has 1 aliphatic heterocycles. The van der Waals surface area contributed by atoms with Gasteiger partial charge in [0.25, 0.3) is 0 Å². The molecule has 0 amide bonds. The second kappa shape index (κ2) is 8.85. The summed E-state index contributed by atoms with van der Waals surface area (Å²) < 4.78 is 5.66. The number of ether oxygens (including phenoxy) is 1. The number of aromatic nitrogens is 1. The Morgan fingerprint density at radius 2 is 1.93 bits per heavy atom. The molecule has 0 spiro atoms. The Bertz CT molecular complexity index is 793. The SMILES string of the molecule is CN=C(NCc1sc(C)nc1C)NCC1(c2ccccc2C)CCOCC1. The van der Waals surface area contributed by atoms with E-state index in [1.54, 1.807) is 11.3 Å². The van der Waals surface area contributed by atoms with Crippen LogP contribution in [0.15, 0.2) is 29.3 Å². The molecule has 27 heavy (non-hydrogen) atoms. The first kappa shape index (κ1) is 19.8. The summed E-state index contributed by atoms with van der Waals surface area (Å²) in [5.74, 6) is 0.833. The van der Waals surface area contributed by atoms with E-state index in [0.29, 0.717) is 0 Å². The van der Waals surface area contributed by atoms with Crippen LogP contribution in [0.1, 0.15) is 39.5 Å². The van der Waals surface area contributed by atoms with Gasteiger partial charge >= 0.3 is 0 Å². The molecule has 146 valence electrons. The van der Waals surface area contributed by atoms with Crippen LogP contribution in [0.25, 0.3) is 0 Å². The highest BCUT2D eigenvalue weighted by Crippen LogP contribution is 2.36. The summed E-state index contributed by atoms with van der Waals surface area (Å²) in [5.41, 5.74) is 3.95. The Kier molecular flexibility index (Phi) is 6.50. The lowest BCUT2D eigenvalue weighted by Gasteiger charge is -2.39. The Morgan fingerprint density at radius 3 is 2.56 bits per heavy atom. The third-order valence-electron chi connectivity index (χ3n) is 5.40. The average Bonchev–Trinajstić information content (AvgIpc) is 3.00. The van der Waals surface area contributed by atoms with Crippen molar-refractivity contribution in [2.75, 3.05) is 26.8 Å². The normalized spacial score (nSPS) is 17.0. The van der Waals surface area contributed by atoms with Crippen LogP contribution in [0, 0.1) is 20.8 Å². The molecule has 0 aliphatic carbocycles.